The minimum atomic E-state index is -0.473. The zero-order chi connectivity index (χ0) is 11.7. The lowest BCUT2D eigenvalue weighted by Gasteiger charge is -2.07. The maximum Gasteiger partial charge on any atom is 0.248 e. The third-order valence-electron chi connectivity index (χ3n) is 2.45. The Bertz CT molecular complexity index is 592. The van der Waals surface area contributed by atoms with Gasteiger partial charge < -0.3 is 16.4 Å². The van der Waals surface area contributed by atoms with Crippen molar-refractivity contribution in [1.29, 1.82) is 0 Å². The van der Waals surface area contributed by atoms with Crippen LogP contribution in [0, 0.1) is 6.92 Å². The first-order valence-corrected chi connectivity index (χ1v) is 4.67. The molecule has 0 saturated carbocycles. The van der Waals surface area contributed by atoms with Crippen LogP contribution in [-0.4, -0.2) is 10.9 Å². The van der Waals surface area contributed by atoms with Crippen molar-refractivity contribution < 1.29 is 4.79 Å². The van der Waals surface area contributed by atoms with Crippen LogP contribution in [0.5, 0.6) is 0 Å². The lowest BCUT2D eigenvalue weighted by molar-refractivity contribution is 0.1000. The molecule has 1 heterocycles. The monoisotopic (exact) mass is 213 g/mol. The number of hydrogen-bond acceptors (Lipinski definition) is 3. The fourth-order valence-electron chi connectivity index (χ4n) is 1.66. The Morgan fingerprint density at radius 3 is 2.88 bits per heavy atom. The maximum absolute atomic E-state index is 11.2. The summed E-state index contributed by atoms with van der Waals surface area (Å²) in [5.74, 6) is -0.240. The Hall–Kier alpha value is -2.30. The summed E-state index contributed by atoms with van der Waals surface area (Å²) in [4.78, 5) is 15.1. The van der Waals surface area contributed by atoms with Crippen LogP contribution in [0.2, 0.25) is 0 Å². The van der Waals surface area contributed by atoms with Gasteiger partial charge in [-0.3, -0.25) is 4.79 Å². The molecular formula is C11H9N4O-. The Morgan fingerprint density at radius 1 is 1.50 bits per heavy atom. The maximum atomic E-state index is 11.2. The second kappa shape index (κ2) is 3.69. The molecule has 0 radical (unpaired) electrons. The third kappa shape index (κ3) is 1.52. The summed E-state index contributed by atoms with van der Waals surface area (Å²) in [6.45, 7) is 1.77. The van der Waals surface area contributed by atoms with Gasteiger partial charge in [0.15, 0.2) is 0 Å². The van der Waals surface area contributed by atoms with Crippen molar-refractivity contribution in [2.75, 3.05) is 0 Å². The van der Waals surface area contributed by atoms with E-state index in [1.807, 2.05) is 0 Å². The molecule has 0 aliphatic carbocycles. The van der Waals surface area contributed by atoms with Crippen molar-refractivity contribution in [1.82, 2.24) is 4.98 Å². The van der Waals surface area contributed by atoms with E-state index in [1.165, 1.54) is 6.20 Å². The van der Waals surface area contributed by atoms with E-state index >= 15 is 0 Å². The van der Waals surface area contributed by atoms with Gasteiger partial charge in [0.2, 0.25) is 5.91 Å². The van der Waals surface area contributed by atoms with Crippen LogP contribution in [-0.2, 0) is 0 Å². The number of amides is 1. The SMILES string of the molecule is Cc1cc2c(N=[N-])nccc2cc1C(N)=O. The van der Waals surface area contributed by atoms with Gasteiger partial charge in [-0.25, -0.2) is 4.98 Å². The summed E-state index contributed by atoms with van der Waals surface area (Å²) in [7, 11) is 0. The molecule has 0 spiro atoms. The minimum Gasteiger partial charge on any atom is -0.705 e. The first-order chi connectivity index (χ1) is 7.63. The van der Waals surface area contributed by atoms with Gasteiger partial charge in [-0.2, -0.15) is 0 Å². The number of aromatic nitrogens is 1. The van der Waals surface area contributed by atoms with E-state index in [-0.39, 0.29) is 5.82 Å². The van der Waals surface area contributed by atoms with Crippen LogP contribution >= 0.6 is 0 Å². The second-order valence-electron chi connectivity index (χ2n) is 3.49. The number of aryl methyl sites for hydroxylation is 1. The fourth-order valence-corrected chi connectivity index (χ4v) is 1.66. The topological polar surface area (TPSA) is 90.6 Å². The normalized spacial score (nSPS) is 10.3. The molecule has 5 heteroatoms. The highest BCUT2D eigenvalue weighted by molar-refractivity contribution is 6.01. The lowest BCUT2D eigenvalue weighted by atomic mass is 10.0. The van der Waals surface area contributed by atoms with Gasteiger partial charge in [-0.05, 0) is 36.1 Å². The largest absolute Gasteiger partial charge is 0.705 e. The molecule has 0 unspecified atom stereocenters. The van der Waals surface area contributed by atoms with Crippen molar-refractivity contribution in [2.45, 2.75) is 6.92 Å². The molecule has 16 heavy (non-hydrogen) atoms. The van der Waals surface area contributed by atoms with E-state index in [0.29, 0.717) is 10.9 Å². The van der Waals surface area contributed by atoms with Gasteiger partial charge in [0.05, 0.1) is 0 Å². The van der Waals surface area contributed by atoms with Gasteiger partial charge in [0.25, 0.3) is 0 Å². The second-order valence-corrected chi connectivity index (χ2v) is 3.49. The quantitative estimate of drug-likeness (QED) is 0.775. The molecule has 0 aliphatic heterocycles. The van der Waals surface area contributed by atoms with E-state index in [0.717, 1.165) is 10.9 Å². The van der Waals surface area contributed by atoms with Crippen LogP contribution in [0.3, 0.4) is 0 Å². The number of primary amides is 1. The standard InChI is InChI=1S/C11H9N4O/c1-6-4-9-7(5-8(6)10(12)16)2-3-14-11(9)15-13/h2-5H,1H3,(H2,12,16)/q-1. The summed E-state index contributed by atoms with van der Waals surface area (Å²) in [5.41, 5.74) is 15.2. The van der Waals surface area contributed by atoms with Crippen molar-refractivity contribution in [3.63, 3.8) is 0 Å². The summed E-state index contributed by atoms with van der Waals surface area (Å²) in [6.07, 6.45) is 1.51. The lowest BCUT2D eigenvalue weighted by Crippen LogP contribution is -2.12. The van der Waals surface area contributed by atoms with Gasteiger partial charge in [-0.15, -0.1) is 0 Å². The van der Waals surface area contributed by atoms with Crippen molar-refractivity contribution in [3.8, 4) is 0 Å². The van der Waals surface area contributed by atoms with Crippen LogP contribution in [0.25, 0.3) is 16.3 Å². The molecule has 0 saturated heterocycles. The molecule has 1 aromatic heterocycles. The Kier molecular flexibility index (Phi) is 2.36. The van der Waals surface area contributed by atoms with Crippen LogP contribution in [0.1, 0.15) is 15.9 Å². The van der Waals surface area contributed by atoms with E-state index in [9.17, 15) is 4.79 Å². The Morgan fingerprint density at radius 2 is 2.25 bits per heavy atom. The highest BCUT2D eigenvalue weighted by atomic mass is 16.1. The average molecular weight is 213 g/mol. The zero-order valence-corrected chi connectivity index (χ0v) is 8.64. The van der Waals surface area contributed by atoms with E-state index in [4.69, 9.17) is 11.3 Å². The summed E-state index contributed by atoms with van der Waals surface area (Å²) in [5, 5.41) is 4.54. The molecule has 2 aromatic rings. The molecule has 0 bridgehead atoms. The first-order valence-electron chi connectivity index (χ1n) is 4.67. The van der Waals surface area contributed by atoms with Crippen molar-refractivity contribution in [3.05, 3.63) is 41.1 Å². The molecule has 0 aliphatic rings. The number of carbonyl (C=O) groups excluding carboxylic acids is 1. The van der Waals surface area contributed by atoms with Crippen LogP contribution < -0.4 is 5.73 Å². The van der Waals surface area contributed by atoms with Gasteiger partial charge in [0, 0.05) is 17.1 Å². The minimum absolute atomic E-state index is 0.233. The van der Waals surface area contributed by atoms with Crippen molar-refractivity contribution in [2.24, 2.45) is 10.8 Å². The Balaban J connectivity index is 2.83. The molecule has 1 aromatic carbocycles. The number of pyridine rings is 1. The predicted molar refractivity (Wildman–Crippen MR) is 60.4 cm³/mol. The molecule has 1 amide bonds. The number of fused-ring (bicyclic) bond motifs is 1. The van der Waals surface area contributed by atoms with Gasteiger partial charge in [0.1, 0.15) is 5.82 Å². The summed E-state index contributed by atoms with van der Waals surface area (Å²) >= 11 is 0. The van der Waals surface area contributed by atoms with E-state index in [1.54, 1.807) is 25.1 Å². The first kappa shape index (κ1) is 10.2. The average Bonchev–Trinajstić information content (AvgIpc) is 2.27. The number of rotatable bonds is 2. The number of benzene rings is 1. The highest BCUT2D eigenvalue weighted by Gasteiger charge is 2.08. The van der Waals surface area contributed by atoms with Gasteiger partial charge in [-0.1, -0.05) is 0 Å². The molecule has 5 nitrogen and oxygen atoms in total. The molecular weight excluding hydrogens is 204 g/mol. The number of nitrogens with two attached hydrogens (primary N) is 1. The number of carbonyl (C=O) groups is 1. The molecule has 2 N–H and O–H groups in total. The third-order valence-corrected chi connectivity index (χ3v) is 2.45. The molecule has 0 atom stereocenters. The fraction of sp³-hybridized carbons (Fsp3) is 0.0909. The molecule has 2 rings (SSSR count). The molecule has 0 fully saturated rings. The molecule has 80 valence electrons. The smallest absolute Gasteiger partial charge is 0.248 e. The predicted octanol–water partition coefficient (Wildman–Crippen LogP) is 2.30. The highest BCUT2D eigenvalue weighted by Crippen LogP contribution is 2.26. The van der Waals surface area contributed by atoms with E-state index in [2.05, 4.69) is 10.1 Å². The van der Waals surface area contributed by atoms with Crippen molar-refractivity contribution >= 4 is 22.5 Å². The van der Waals surface area contributed by atoms with E-state index < -0.39 is 5.91 Å². The number of nitrogens with zero attached hydrogens (tertiary/aromatic N) is 3. The van der Waals surface area contributed by atoms with Crippen LogP contribution in [0.15, 0.2) is 29.5 Å². The summed E-state index contributed by atoms with van der Waals surface area (Å²) in [6, 6.07) is 5.14. The number of hydrogen-bond donors (Lipinski definition) is 1. The summed E-state index contributed by atoms with van der Waals surface area (Å²) < 4.78 is 0. The van der Waals surface area contributed by atoms with Gasteiger partial charge >= 0.3 is 0 Å². The zero-order valence-electron chi connectivity index (χ0n) is 8.64. The van der Waals surface area contributed by atoms with Crippen LogP contribution in [0.4, 0.5) is 5.82 Å². The Labute approximate surface area is 91.8 Å².